The lowest BCUT2D eigenvalue weighted by Gasteiger charge is -2.33. The van der Waals surface area contributed by atoms with E-state index in [1.165, 1.54) is 15.4 Å². The van der Waals surface area contributed by atoms with Crippen LogP contribution in [0.2, 0.25) is 0 Å². The molecule has 2 amide bonds. The topological polar surface area (TPSA) is 106 Å². The Morgan fingerprint density at radius 1 is 1.23 bits per heavy atom. The van der Waals surface area contributed by atoms with Gasteiger partial charge in [-0.15, -0.1) is 0 Å². The molecule has 1 unspecified atom stereocenters. The van der Waals surface area contributed by atoms with E-state index in [0.717, 1.165) is 0 Å². The molecule has 2 aliphatic rings. The molecule has 3 aromatic heterocycles. The van der Waals surface area contributed by atoms with Gasteiger partial charge in [0, 0.05) is 44.5 Å². The summed E-state index contributed by atoms with van der Waals surface area (Å²) in [5, 5.41) is 13.9. The Morgan fingerprint density at radius 2 is 1.98 bits per heavy atom. The van der Waals surface area contributed by atoms with Gasteiger partial charge in [0.2, 0.25) is 11.8 Å². The summed E-state index contributed by atoms with van der Waals surface area (Å²) in [4.78, 5) is 30.0. The van der Waals surface area contributed by atoms with Gasteiger partial charge in [-0.1, -0.05) is 0 Å². The van der Waals surface area contributed by atoms with E-state index >= 15 is 0 Å². The molecule has 5 rings (SSSR count). The number of rotatable bonds is 7. The van der Waals surface area contributed by atoms with Crippen LogP contribution in [-0.2, 0) is 17.8 Å². The monoisotopic (exact) mass is 567 g/mol. The van der Waals surface area contributed by atoms with Gasteiger partial charge in [-0.2, -0.15) is 23.4 Å². The fraction of sp³-hybridized carbons (Fsp3) is 0.577. The molecule has 40 heavy (non-hydrogen) atoms. The molecule has 2 fully saturated rings. The van der Waals surface area contributed by atoms with E-state index in [2.05, 4.69) is 25.8 Å². The normalized spacial score (nSPS) is 22.7. The lowest BCUT2D eigenvalue weighted by Crippen LogP contribution is -2.47. The quantitative estimate of drug-likeness (QED) is 0.419. The van der Waals surface area contributed by atoms with E-state index in [1.807, 2.05) is 6.92 Å². The Hall–Kier alpha value is -3.58. The van der Waals surface area contributed by atoms with Crippen LogP contribution >= 0.6 is 0 Å². The number of aryl methyl sites for hydroxylation is 1. The number of imidazole rings is 1. The van der Waals surface area contributed by atoms with Crippen molar-refractivity contribution in [2.45, 2.75) is 70.1 Å². The van der Waals surface area contributed by atoms with Crippen LogP contribution in [0.15, 0.2) is 30.6 Å². The Morgan fingerprint density at radius 3 is 2.67 bits per heavy atom. The van der Waals surface area contributed by atoms with Gasteiger partial charge in [-0.3, -0.25) is 14.3 Å². The van der Waals surface area contributed by atoms with E-state index in [0.29, 0.717) is 29.3 Å². The summed E-state index contributed by atoms with van der Waals surface area (Å²) in [5.74, 6) is -6.40. The number of carbonyl (C=O) groups is 2. The van der Waals surface area contributed by atoms with Crippen LogP contribution in [0.3, 0.4) is 0 Å². The minimum atomic E-state index is -4.40. The highest BCUT2D eigenvalue weighted by Gasteiger charge is 2.45. The van der Waals surface area contributed by atoms with Gasteiger partial charge in [-0.25, -0.2) is 18.3 Å². The Balaban J connectivity index is 1.39. The van der Waals surface area contributed by atoms with Crippen LogP contribution in [0.1, 0.15) is 66.9 Å². The third-order valence-corrected chi connectivity index (χ3v) is 7.86. The Labute approximate surface area is 226 Å². The van der Waals surface area contributed by atoms with Crippen LogP contribution in [0.25, 0.3) is 5.65 Å². The number of hydrogen-bond donors (Lipinski definition) is 2. The van der Waals surface area contributed by atoms with E-state index in [1.54, 1.807) is 24.4 Å². The highest BCUT2D eigenvalue weighted by atomic mass is 19.4. The average Bonchev–Trinajstić information content (AvgIpc) is 3.55. The Kier molecular flexibility index (Phi) is 7.53. The van der Waals surface area contributed by atoms with Gasteiger partial charge in [-0.05, 0) is 50.3 Å². The van der Waals surface area contributed by atoms with Gasteiger partial charge in [0.25, 0.3) is 5.91 Å². The Bertz CT molecular complexity index is 1380. The average molecular weight is 568 g/mol. The van der Waals surface area contributed by atoms with Crippen molar-refractivity contribution in [2.24, 2.45) is 17.8 Å². The SMILES string of the molecule is CCn1nccc1C(=O)N[C@H](c1cn2nc(CC3C[C@@H](C(F)(F)F)CNC3=O)ccc2n1)C1CCC(F)(F)CC1. The van der Waals surface area contributed by atoms with Gasteiger partial charge < -0.3 is 10.6 Å². The minimum absolute atomic E-state index is 0.0146. The first-order valence-electron chi connectivity index (χ1n) is 13.3. The molecule has 4 heterocycles. The molecule has 0 bridgehead atoms. The number of nitrogens with zero attached hydrogens (tertiary/aromatic N) is 5. The maximum atomic E-state index is 13.9. The van der Waals surface area contributed by atoms with Gasteiger partial charge in [0.05, 0.1) is 29.5 Å². The van der Waals surface area contributed by atoms with Gasteiger partial charge in [0.15, 0.2) is 5.65 Å². The zero-order valence-electron chi connectivity index (χ0n) is 21.8. The first-order chi connectivity index (χ1) is 18.9. The number of carbonyl (C=O) groups excluding carboxylic acids is 2. The van der Waals surface area contributed by atoms with Crippen molar-refractivity contribution in [3.05, 3.63) is 47.7 Å². The molecule has 3 aromatic rings. The maximum Gasteiger partial charge on any atom is 0.393 e. The highest BCUT2D eigenvalue weighted by molar-refractivity contribution is 5.92. The molecule has 1 aliphatic heterocycles. The van der Waals surface area contributed by atoms with Crippen molar-refractivity contribution in [2.75, 3.05) is 6.54 Å². The van der Waals surface area contributed by atoms with E-state index in [9.17, 15) is 31.5 Å². The first-order valence-corrected chi connectivity index (χ1v) is 13.3. The fourth-order valence-corrected chi connectivity index (χ4v) is 5.60. The van der Waals surface area contributed by atoms with E-state index < -0.39 is 48.3 Å². The van der Waals surface area contributed by atoms with Gasteiger partial charge in [0.1, 0.15) is 5.69 Å². The van der Waals surface area contributed by atoms with Crippen molar-refractivity contribution in [3.8, 4) is 0 Å². The second-order valence-corrected chi connectivity index (χ2v) is 10.6. The first kappa shape index (κ1) is 28.0. The molecule has 1 saturated heterocycles. The highest BCUT2D eigenvalue weighted by Crippen LogP contribution is 2.41. The van der Waals surface area contributed by atoms with Crippen LogP contribution in [0.4, 0.5) is 22.0 Å². The second kappa shape index (κ2) is 10.8. The third-order valence-electron chi connectivity index (χ3n) is 7.86. The summed E-state index contributed by atoms with van der Waals surface area (Å²) in [7, 11) is 0. The number of nitrogens with one attached hydrogen (secondary N) is 2. The molecule has 14 heteroatoms. The largest absolute Gasteiger partial charge is 0.393 e. The minimum Gasteiger partial charge on any atom is -0.355 e. The summed E-state index contributed by atoms with van der Waals surface area (Å²) in [6.07, 6.45) is -1.82. The standard InChI is InChI=1S/C26H30F5N7O2/c1-2-37-20(7-10-33-37)24(40)35-22(15-5-8-25(27,28)9-6-15)19-14-38-21(34-19)4-3-18(36-38)12-16-11-17(26(29,30)31)13-32-23(16)39/h3-4,7,10,14-17,22H,2,5-6,8-9,11-13H2,1H3,(H,32,39)(H,35,40)/t16?,17-,22+/m1/s1. The van der Waals surface area contributed by atoms with Crippen LogP contribution in [0, 0.1) is 17.8 Å². The smallest absolute Gasteiger partial charge is 0.355 e. The molecule has 0 radical (unpaired) electrons. The molecular formula is C26H30F5N7O2. The molecule has 2 N–H and O–H groups in total. The number of aromatic nitrogens is 5. The van der Waals surface area contributed by atoms with Crippen molar-refractivity contribution >= 4 is 17.5 Å². The molecular weight excluding hydrogens is 537 g/mol. The maximum absolute atomic E-state index is 13.9. The number of fused-ring (bicyclic) bond motifs is 1. The lowest BCUT2D eigenvalue weighted by molar-refractivity contribution is -0.183. The van der Waals surface area contributed by atoms with Crippen LogP contribution < -0.4 is 10.6 Å². The number of hydrogen-bond acceptors (Lipinski definition) is 5. The predicted molar refractivity (Wildman–Crippen MR) is 132 cm³/mol. The number of piperidine rings is 1. The molecule has 3 atom stereocenters. The van der Waals surface area contributed by atoms with E-state index in [-0.39, 0.29) is 44.4 Å². The van der Waals surface area contributed by atoms with Crippen molar-refractivity contribution in [1.82, 2.24) is 35.0 Å². The molecule has 0 aromatic carbocycles. The number of alkyl halides is 5. The third kappa shape index (κ3) is 5.94. The molecule has 1 saturated carbocycles. The second-order valence-electron chi connectivity index (χ2n) is 10.6. The van der Waals surface area contributed by atoms with Crippen LogP contribution in [0.5, 0.6) is 0 Å². The molecule has 0 spiro atoms. The summed E-state index contributed by atoms with van der Waals surface area (Å²) >= 11 is 0. The molecule has 216 valence electrons. The summed E-state index contributed by atoms with van der Waals surface area (Å²) in [6.45, 7) is 1.88. The van der Waals surface area contributed by atoms with E-state index in [4.69, 9.17) is 0 Å². The summed E-state index contributed by atoms with van der Waals surface area (Å²) in [5.41, 5.74) is 1.59. The number of halogens is 5. The summed E-state index contributed by atoms with van der Waals surface area (Å²) in [6, 6.07) is 4.14. The predicted octanol–water partition coefficient (Wildman–Crippen LogP) is 4.10. The lowest BCUT2D eigenvalue weighted by atomic mass is 9.81. The molecule has 9 nitrogen and oxygen atoms in total. The summed E-state index contributed by atoms with van der Waals surface area (Å²) < 4.78 is 70.5. The molecule has 1 aliphatic carbocycles. The zero-order valence-corrected chi connectivity index (χ0v) is 21.8. The number of amides is 2. The van der Waals surface area contributed by atoms with Gasteiger partial charge >= 0.3 is 6.18 Å². The fourth-order valence-electron chi connectivity index (χ4n) is 5.60. The van der Waals surface area contributed by atoms with Crippen molar-refractivity contribution in [1.29, 1.82) is 0 Å². The van der Waals surface area contributed by atoms with Crippen molar-refractivity contribution in [3.63, 3.8) is 0 Å². The van der Waals surface area contributed by atoms with Crippen molar-refractivity contribution < 1.29 is 31.5 Å². The van der Waals surface area contributed by atoms with Crippen LogP contribution in [-0.4, -0.2) is 54.8 Å². The zero-order chi connectivity index (χ0) is 28.7.